The van der Waals surface area contributed by atoms with E-state index in [1.165, 1.54) is 6.07 Å². The Morgan fingerprint density at radius 2 is 2.10 bits per heavy atom. The van der Waals surface area contributed by atoms with E-state index in [2.05, 4.69) is 15.4 Å². The zero-order valence-corrected chi connectivity index (χ0v) is 12.5. The number of hydrogen-bond acceptors (Lipinski definition) is 5. The van der Waals surface area contributed by atoms with Crippen LogP contribution in [0.4, 0.5) is 11.5 Å². The molecule has 21 heavy (non-hydrogen) atoms. The maximum atomic E-state index is 11.0. The largest absolute Gasteiger partial charge is 0.364 e. The number of nitrogens with zero attached hydrogens (tertiary/aromatic N) is 4. The Bertz CT molecular complexity index is 651. The minimum absolute atomic E-state index is 0.0149. The van der Waals surface area contributed by atoms with E-state index in [9.17, 15) is 10.1 Å². The summed E-state index contributed by atoms with van der Waals surface area (Å²) in [6.45, 7) is 7.13. The SMILES string of the molecule is Cc1cnc(NCCCn2nc(C)cc2C)c([N+](=O)[O-])c1. The molecule has 0 fully saturated rings. The van der Waals surface area contributed by atoms with Crippen molar-refractivity contribution in [2.45, 2.75) is 33.7 Å². The number of anilines is 1. The number of hydrogen-bond donors (Lipinski definition) is 1. The minimum atomic E-state index is -0.413. The first-order valence-electron chi connectivity index (χ1n) is 6.83. The van der Waals surface area contributed by atoms with E-state index in [4.69, 9.17) is 0 Å². The van der Waals surface area contributed by atoms with E-state index in [1.807, 2.05) is 24.6 Å². The van der Waals surface area contributed by atoms with Gasteiger partial charge in [0.15, 0.2) is 0 Å². The van der Waals surface area contributed by atoms with Crippen molar-refractivity contribution < 1.29 is 4.92 Å². The smallest absolute Gasteiger partial charge is 0.311 e. The number of pyridine rings is 1. The monoisotopic (exact) mass is 289 g/mol. The molecule has 1 N–H and O–H groups in total. The minimum Gasteiger partial charge on any atom is -0.364 e. The Morgan fingerprint density at radius 1 is 1.33 bits per heavy atom. The van der Waals surface area contributed by atoms with Crippen LogP contribution >= 0.6 is 0 Å². The van der Waals surface area contributed by atoms with Gasteiger partial charge in [0.25, 0.3) is 0 Å². The third-order valence-corrected chi connectivity index (χ3v) is 3.14. The molecule has 2 rings (SSSR count). The van der Waals surface area contributed by atoms with Crippen molar-refractivity contribution in [3.05, 3.63) is 45.4 Å². The molecule has 7 nitrogen and oxygen atoms in total. The molecule has 2 aromatic rings. The third-order valence-electron chi connectivity index (χ3n) is 3.14. The second-order valence-corrected chi connectivity index (χ2v) is 5.07. The van der Waals surface area contributed by atoms with E-state index in [-0.39, 0.29) is 5.69 Å². The zero-order chi connectivity index (χ0) is 15.4. The van der Waals surface area contributed by atoms with Crippen molar-refractivity contribution in [2.75, 3.05) is 11.9 Å². The molecule has 0 spiro atoms. The van der Waals surface area contributed by atoms with Crippen LogP contribution in [-0.2, 0) is 6.54 Å². The van der Waals surface area contributed by atoms with Gasteiger partial charge in [0, 0.05) is 31.0 Å². The van der Waals surface area contributed by atoms with Gasteiger partial charge in [-0.05, 0) is 38.8 Å². The van der Waals surface area contributed by atoms with E-state index >= 15 is 0 Å². The first-order valence-corrected chi connectivity index (χ1v) is 6.83. The van der Waals surface area contributed by atoms with Crippen molar-refractivity contribution in [1.29, 1.82) is 0 Å². The topological polar surface area (TPSA) is 85.9 Å². The Labute approximate surface area is 123 Å². The summed E-state index contributed by atoms with van der Waals surface area (Å²) in [5, 5.41) is 18.4. The molecule has 0 atom stereocenters. The molecule has 0 radical (unpaired) electrons. The lowest BCUT2D eigenvalue weighted by atomic mass is 10.3. The molecular formula is C14H19N5O2. The highest BCUT2D eigenvalue weighted by Gasteiger charge is 2.14. The van der Waals surface area contributed by atoms with Gasteiger partial charge in [-0.25, -0.2) is 4.98 Å². The van der Waals surface area contributed by atoms with Crippen LogP contribution in [0.5, 0.6) is 0 Å². The molecule has 0 saturated carbocycles. The molecular weight excluding hydrogens is 270 g/mol. The van der Waals surface area contributed by atoms with Gasteiger partial charge in [0.2, 0.25) is 5.82 Å². The van der Waals surface area contributed by atoms with Gasteiger partial charge >= 0.3 is 5.69 Å². The molecule has 0 amide bonds. The van der Waals surface area contributed by atoms with E-state index in [0.717, 1.165) is 29.9 Å². The van der Waals surface area contributed by atoms with Crippen molar-refractivity contribution in [1.82, 2.24) is 14.8 Å². The summed E-state index contributed by atoms with van der Waals surface area (Å²) in [4.78, 5) is 14.7. The summed E-state index contributed by atoms with van der Waals surface area (Å²) in [6, 6.07) is 3.55. The fraction of sp³-hybridized carbons (Fsp3) is 0.429. The Kier molecular flexibility index (Phi) is 4.52. The average Bonchev–Trinajstić information content (AvgIpc) is 2.74. The number of nitro groups is 1. The van der Waals surface area contributed by atoms with Gasteiger partial charge in [-0.3, -0.25) is 14.8 Å². The highest BCUT2D eigenvalue weighted by molar-refractivity contribution is 5.56. The van der Waals surface area contributed by atoms with Crippen molar-refractivity contribution in [3.8, 4) is 0 Å². The Balaban J connectivity index is 1.92. The van der Waals surface area contributed by atoms with E-state index < -0.39 is 4.92 Å². The van der Waals surface area contributed by atoms with E-state index in [1.54, 1.807) is 13.1 Å². The summed E-state index contributed by atoms with van der Waals surface area (Å²) in [5.41, 5.74) is 2.90. The highest BCUT2D eigenvalue weighted by atomic mass is 16.6. The lowest BCUT2D eigenvalue weighted by Crippen LogP contribution is -2.11. The molecule has 0 aliphatic rings. The average molecular weight is 289 g/mol. The maximum Gasteiger partial charge on any atom is 0.311 e. The molecule has 2 heterocycles. The lowest BCUT2D eigenvalue weighted by molar-refractivity contribution is -0.384. The quantitative estimate of drug-likeness (QED) is 0.502. The second-order valence-electron chi connectivity index (χ2n) is 5.07. The normalized spacial score (nSPS) is 10.6. The molecule has 7 heteroatoms. The van der Waals surface area contributed by atoms with Gasteiger partial charge in [-0.15, -0.1) is 0 Å². The molecule has 2 aromatic heterocycles. The molecule has 0 aliphatic carbocycles. The predicted molar refractivity (Wildman–Crippen MR) is 80.4 cm³/mol. The Morgan fingerprint density at radius 3 is 2.71 bits per heavy atom. The summed E-state index contributed by atoms with van der Waals surface area (Å²) in [7, 11) is 0. The van der Waals surface area contributed by atoms with E-state index in [0.29, 0.717) is 12.4 Å². The summed E-state index contributed by atoms with van der Waals surface area (Å²) in [5.74, 6) is 0.318. The summed E-state index contributed by atoms with van der Waals surface area (Å²) >= 11 is 0. The van der Waals surface area contributed by atoms with Crippen LogP contribution in [0.15, 0.2) is 18.3 Å². The molecule has 112 valence electrons. The van der Waals surface area contributed by atoms with Gasteiger partial charge < -0.3 is 5.32 Å². The number of aromatic nitrogens is 3. The van der Waals surface area contributed by atoms with Crippen LogP contribution < -0.4 is 5.32 Å². The van der Waals surface area contributed by atoms with Crippen molar-refractivity contribution in [2.24, 2.45) is 0 Å². The van der Waals surface area contributed by atoms with Crippen LogP contribution in [0.1, 0.15) is 23.4 Å². The summed E-state index contributed by atoms with van der Waals surface area (Å²) in [6.07, 6.45) is 2.44. The van der Waals surface area contributed by atoms with Crippen molar-refractivity contribution >= 4 is 11.5 Å². The molecule has 0 aliphatic heterocycles. The van der Waals surface area contributed by atoms with Crippen LogP contribution in [0.3, 0.4) is 0 Å². The fourth-order valence-electron chi connectivity index (χ4n) is 2.17. The van der Waals surface area contributed by atoms with Crippen molar-refractivity contribution in [3.63, 3.8) is 0 Å². The first kappa shape index (κ1) is 15.0. The zero-order valence-electron chi connectivity index (χ0n) is 12.5. The van der Waals surface area contributed by atoms with Crippen LogP contribution in [0.2, 0.25) is 0 Å². The molecule has 0 aromatic carbocycles. The van der Waals surface area contributed by atoms with Gasteiger partial charge in [0.05, 0.1) is 10.6 Å². The third kappa shape index (κ3) is 3.77. The van der Waals surface area contributed by atoms with Gasteiger partial charge in [0.1, 0.15) is 0 Å². The number of rotatable bonds is 6. The molecule has 0 saturated heterocycles. The summed E-state index contributed by atoms with van der Waals surface area (Å²) < 4.78 is 1.94. The standard InChI is InChI=1S/C14H19N5O2/c1-10-7-13(19(20)21)14(16-9-10)15-5-4-6-18-12(3)8-11(2)17-18/h7-9H,4-6H2,1-3H3,(H,15,16). The predicted octanol–water partition coefficient (Wildman–Crippen LogP) is 2.61. The second kappa shape index (κ2) is 6.34. The lowest BCUT2D eigenvalue weighted by Gasteiger charge is -2.07. The van der Waals surface area contributed by atoms with Crippen LogP contribution in [0, 0.1) is 30.9 Å². The van der Waals surface area contributed by atoms with Gasteiger partial charge in [-0.1, -0.05) is 0 Å². The number of aryl methyl sites for hydroxylation is 4. The number of nitrogens with one attached hydrogen (secondary N) is 1. The molecule has 0 bridgehead atoms. The highest BCUT2D eigenvalue weighted by Crippen LogP contribution is 2.22. The first-order chi connectivity index (χ1) is 9.97. The Hall–Kier alpha value is -2.44. The molecule has 0 unspecified atom stereocenters. The fourth-order valence-corrected chi connectivity index (χ4v) is 2.17. The van der Waals surface area contributed by atoms with Crippen LogP contribution in [0.25, 0.3) is 0 Å². The maximum absolute atomic E-state index is 11.0. The van der Waals surface area contributed by atoms with Crippen LogP contribution in [-0.4, -0.2) is 26.2 Å². The van der Waals surface area contributed by atoms with Gasteiger partial charge in [-0.2, -0.15) is 5.10 Å².